The molecule has 0 saturated carbocycles. The van der Waals surface area contributed by atoms with E-state index < -0.39 is 8.07 Å². The molecule has 0 amide bonds. The lowest BCUT2D eigenvalue weighted by Gasteiger charge is -2.16. The number of hydrogen-bond donors (Lipinski definition) is 0. The van der Waals surface area contributed by atoms with Crippen molar-refractivity contribution in [1.29, 1.82) is 0 Å². The fourth-order valence-corrected chi connectivity index (χ4v) is 2.77. The van der Waals surface area contributed by atoms with Crippen LogP contribution in [0.2, 0.25) is 25.7 Å². The standard InChI is InChI=1S/C17H23NO2Si/c1-21(2,3)13-12-20-14-18-11-7-10-16(18)17(19)15-8-5-4-6-9-15/h4-11H,12-14H2,1-3H3. The average molecular weight is 301 g/mol. The zero-order chi connectivity index (χ0) is 15.3. The predicted octanol–water partition coefficient (Wildman–Crippen LogP) is 4.03. The van der Waals surface area contributed by atoms with Gasteiger partial charge in [0.1, 0.15) is 6.73 Å². The van der Waals surface area contributed by atoms with Crippen molar-refractivity contribution < 1.29 is 9.53 Å². The lowest BCUT2D eigenvalue weighted by atomic mass is 10.1. The smallest absolute Gasteiger partial charge is 0.209 e. The molecule has 0 atom stereocenters. The summed E-state index contributed by atoms with van der Waals surface area (Å²) in [5.74, 6) is 0.0365. The molecule has 21 heavy (non-hydrogen) atoms. The van der Waals surface area contributed by atoms with Crippen LogP contribution in [0.1, 0.15) is 16.1 Å². The third-order valence-corrected chi connectivity index (χ3v) is 5.03. The van der Waals surface area contributed by atoms with E-state index in [2.05, 4.69) is 19.6 Å². The van der Waals surface area contributed by atoms with Crippen LogP contribution in [-0.4, -0.2) is 25.0 Å². The molecule has 0 unspecified atom stereocenters. The van der Waals surface area contributed by atoms with Crippen LogP contribution in [0.5, 0.6) is 0 Å². The fourth-order valence-electron chi connectivity index (χ4n) is 2.01. The Morgan fingerprint density at radius 2 is 1.81 bits per heavy atom. The van der Waals surface area contributed by atoms with Gasteiger partial charge in [-0.15, -0.1) is 0 Å². The number of hydrogen-bond acceptors (Lipinski definition) is 2. The van der Waals surface area contributed by atoms with E-state index in [1.165, 1.54) is 0 Å². The molecule has 0 spiro atoms. The van der Waals surface area contributed by atoms with E-state index in [9.17, 15) is 4.79 Å². The Hall–Kier alpha value is -1.65. The summed E-state index contributed by atoms with van der Waals surface area (Å²) in [4.78, 5) is 12.5. The van der Waals surface area contributed by atoms with Gasteiger partial charge in [0, 0.05) is 26.4 Å². The lowest BCUT2D eigenvalue weighted by molar-refractivity contribution is 0.0819. The number of carbonyl (C=O) groups is 1. The van der Waals surface area contributed by atoms with Crippen molar-refractivity contribution in [3.8, 4) is 0 Å². The molecule has 3 nitrogen and oxygen atoms in total. The number of ether oxygens (including phenoxy) is 1. The number of rotatable bonds is 7. The molecular weight excluding hydrogens is 278 g/mol. The highest BCUT2D eigenvalue weighted by molar-refractivity contribution is 6.76. The number of carbonyl (C=O) groups excluding carboxylic acids is 1. The van der Waals surface area contributed by atoms with Gasteiger partial charge in [0.05, 0.1) is 5.69 Å². The van der Waals surface area contributed by atoms with E-state index in [0.717, 1.165) is 12.7 Å². The molecule has 0 N–H and O–H groups in total. The van der Waals surface area contributed by atoms with Crippen LogP contribution < -0.4 is 0 Å². The average Bonchev–Trinajstić information content (AvgIpc) is 2.91. The maximum atomic E-state index is 12.5. The van der Waals surface area contributed by atoms with E-state index >= 15 is 0 Å². The monoisotopic (exact) mass is 301 g/mol. The molecule has 112 valence electrons. The van der Waals surface area contributed by atoms with E-state index in [-0.39, 0.29) is 5.78 Å². The van der Waals surface area contributed by atoms with Crippen LogP contribution in [-0.2, 0) is 11.5 Å². The first-order chi connectivity index (χ1) is 9.97. The summed E-state index contributed by atoms with van der Waals surface area (Å²) < 4.78 is 7.60. The van der Waals surface area contributed by atoms with Crippen LogP contribution in [0.4, 0.5) is 0 Å². The van der Waals surface area contributed by atoms with Gasteiger partial charge in [0.15, 0.2) is 0 Å². The highest BCUT2D eigenvalue weighted by atomic mass is 28.3. The van der Waals surface area contributed by atoms with E-state index in [1.54, 1.807) is 0 Å². The summed E-state index contributed by atoms with van der Waals surface area (Å²) in [6, 6.07) is 14.2. The molecule has 0 fully saturated rings. The number of nitrogens with zero attached hydrogens (tertiary/aromatic N) is 1. The van der Waals surface area contributed by atoms with Gasteiger partial charge in [-0.05, 0) is 18.2 Å². The van der Waals surface area contributed by atoms with Crippen molar-refractivity contribution >= 4 is 13.9 Å². The summed E-state index contributed by atoms with van der Waals surface area (Å²) in [6.45, 7) is 8.18. The lowest BCUT2D eigenvalue weighted by Crippen LogP contribution is -2.22. The van der Waals surface area contributed by atoms with E-state index in [0.29, 0.717) is 18.0 Å². The van der Waals surface area contributed by atoms with Crippen molar-refractivity contribution in [3.05, 3.63) is 59.9 Å². The second kappa shape index (κ2) is 6.87. The summed E-state index contributed by atoms with van der Waals surface area (Å²) in [5.41, 5.74) is 1.38. The van der Waals surface area contributed by atoms with Crippen LogP contribution >= 0.6 is 0 Å². The number of aromatic nitrogens is 1. The molecule has 0 aliphatic carbocycles. The molecule has 2 aromatic rings. The Labute approximate surface area is 127 Å². The van der Waals surface area contributed by atoms with Gasteiger partial charge in [-0.1, -0.05) is 50.0 Å². The first-order valence-electron chi connectivity index (χ1n) is 7.30. The first kappa shape index (κ1) is 15.7. The minimum Gasteiger partial charge on any atom is -0.361 e. The van der Waals surface area contributed by atoms with Crippen LogP contribution in [0, 0.1) is 0 Å². The van der Waals surface area contributed by atoms with Gasteiger partial charge < -0.3 is 9.30 Å². The molecule has 0 aliphatic rings. The van der Waals surface area contributed by atoms with Gasteiger partial charge in [0.25, 0.3) is 0 Å². The molecule has 0 aliphatic heterocycles. The Morgan fingerprint density at radius 3 is 2.48 bits per heavy atom. The largest absolute Gasteiger partial charge is 0.361 e. The van der Waals surface area contributed by atoms with Crippen molar-refractivity contribution in [1.82, 2.24) is 4.57 Å². The van der Waals surface area contributed by atoms with E-state index in [4.69, 9.17) is 4.74 Å². The van der Waals surface area contributed by atoms with Crippen molar-refractivity contribution in [2.45, 2.75) is 32.4 Å². The highest BCUT2D eigenvalue weighted by Crippen LogP contribution is 2.12. The Kier molecular flexibility index (Phi) is 5.15. The SMILES string of the molecule is C[Si](C)(C)CCOCn1cccc1C(=O)c1ccccc1. The van der Waals surface area contributed by atoms with Crippen molar-refractivity contribution in [2.24, 2.45) is 0 Å². The highest BCUT2D eigenvalue weighted by Gasteiger charge is 2.14. The summed E-state index contributed by atoms with van der Waals surface area (Å²) in [6.07, 6.45) is 1.89. The van der Waals surface area contributed by atoms with Crippen LogP contribution in [0.25, 0.3) is 0 Å². The molecule has 1 aromatic heterocycles. The zero-order valence-electron chi connectivity index (χ0n) is 13.0. The molecule has 0 saturated heterocycles. The Balaban J connectivity index is 1.97. The molecule has 2 rings (SSSR count). The van der Waals surface area contributed by atoms with Gasteiger partial charge in [-0.25, -0.2) is 0 Å². The van der Waals surface area contributed by atoms with Gasteiger partial charge >= 0.3 is 0 Å². The van der Waals surface area contributed by atoms with Gasteiger partial charge in [-0.3, -0.25) is 4.79 Å². The maximum Gasteiger partial charge on any atom is 0.209 e. The van der Waals surface area contributed by atoms with E-state index in [1.807, 2.05) is 53.2 Å². The summed E-state index contributed by atoms with van der Waals surface area (Å²) >= 11 is 0. The molecule has 0 radical (unpaired) electrons. The summed E-state index contributed by atoms with van der Waals surface area (Å²) in [7, 11) is -1.07. The quantitative estimate of drug-likeness (QED) is 0.439. The topological polar surface area (TPSA) is 31.2 Å². The molecular formula is C17H23NO2Si. The zero-order valence-corrected chi connectivity index (χ0v) is 14.0. The molecule has 1 heterocycles. The second-order valence-electron chi connectivity index (χ2n) is 6.41. The fraction of sp³-hybridized carbons (Fsp3) is 0.353. The molecule has 1 aromatic carbocycles. The number of ketones is 1. The minimum absolute atomic E-state index is 0.0365. The predicted molar refractivity (Wildman–Crippen MR) is 88.4 cm³/mol. The Morgan fingerprint density at radius 1 is 1.10 bits per heavy atom. The summed E-state index contributed by atoms with van der Waals surface area (Å²) in [5, 5.41) is 0. The minimum atomic E-state index is -1.07. The number of benzene rings is 1. The van der Waals surface area contributed by atoms with Gasteiger partial charge in [0.2, 0.25) is 5.78 Å². The van der Waals surface area contributed by atoms with Gasteiger partial charge in [-0.2, -0.15) is 0 Å². The second-order valence-corrected chi connectivity index (χ2v) is 12.0. The van der Waals surface area contributed by atoms with Crippen LogP contribution in [0.15, 0.2) is 48.7 Å². The third-order valence-electron chi connectivity index (χ3n) is 3.32. The van der Waals surface area contributed by atoms with Crippen molar-refractivity contribution in [2.75, 3.05) is 6.61 Å². The normalized spacial score (nSPS) is 11.6. The van der Waals surface area contributed by atoms with Crippen LogP contribution in [0.3, 0.4) is 0 Å². The first-order valence-corrected chi connectivity index (χ1v) is 11.0. The molecule has 0 bridgehead atoms. The Bertz CT molecular complexity index is 584. The molecule has 4 heteroatoms. The maximum absolute atomic E-state index is 12.5. The van der Waals surface area contributed by atoms with Crippen molar-refractivity contribution in [3.63, 3.8) is 0 Å². The third kappa shape index (κ3) is 4.69.